The first-order valence-corrected chi connectivity index (χ1v) is 7.54. The number of halogens is 4. The van der Waals surface area contributed by atoms with Crippen molar-refractivity contribution in [3.63, 3.8) is 0 Å². The van der Waals surface area contributed by atoms with E-state index in [0.29, 0.717) is 5.69 Å². The van der Waals surface area contributed by atoms with Gasteiger partial charge in [0.2, 0.25) is 5.91 Å². The molecule has 2 aromatic rings. The number of hydrogen-bond donors (Lipinski definition) is 1. The molecule has 1 atom stereocenters. The lowest BCUT2D eigenvalue weighted by Crippen LogP contribution is -2.34. The number of nitrogens with zero attached hydrogens (tertiary/aromatic N) is 1. The molecule has 0 fully saturated rings. The SMILES string of the molecule is CN(C(=O)CC(Cc1ccc(O)c(F)c1)C(F)(F)F)c1ccccc1. The van der Waals surface area contributed by atoms with Gasteiger partial charge in [0.15, 0.2) is 11.6 Å². The zero-order valence-corrected chi connectivity index (χ0v) is 13.4. The van der Waals surface area contributed by atoms with Crippen molar-refractivity contribution in [2.75, 3.05) is 11.9 Å². The maximum Gasteiger partial charge on any atom is 0.392 e. The number of alkyl halides is 3. The molecule has 0 heterocycles. The van der Waals surface area contributed by atoms with Crippen LogP contribution in [0.3, 0.4) is 0 Å². The predicted octanol–water partition coefficient (Wildman–Crippen LogP) is 4.31. The monoisotopic (exact) mass is 355 g/mol. The van der Waals surface area contributed by atoms with E-state index in [2.05, 4.69) is 0 Å². The molecule has 2 rings (SSSR count). The minimum absolute atomic E-state index is 0.0628. The number of para-hydroxylation sites is 1. The molecule has 0 saturated heterocycles. The topological polar surface area (TPSA) is 40.5 Å². The normalized spacial score (nSPS) is 12.7. The van der Waals surface area contributed by atoms with Crippen molar-refractivity contribution in [1.29, 1.82) is 0 Å². The number of phenolic OH excluding ortho intramolecular Hbond substituents is 1. The van der Waals surface area contributed by atoms with Gasteiger partial charge in [0, 0.05) is 19.2 Å². The van der Waals surface area contributed by atoms with Crippen LogP contribution in [0.15, 0.2) is 48.5 Å². The van der Waals surface area contributed by atoms with E-state index in [1.54, 1.807) is 30.3 Å². The van der Waals surface area contributed by atoms with E-state index in [-0.39, 0.29) is 5.56 Å². The number of phenols is 1. The number of aromatic hydroxyl groups is 1. The number of anilines is 1. The number of rotatable bonds is 5. The van der Waals surface area contributed by atoms with E-state index in [1.807, 2.05) is 0 Å². The van der Waals surface area contributed by atoms with Crippen molar-refractivity contribution in [3.05, 3.63) is 59.9 Å². The van der Waals surface area contributed by atoms with E-state index in [9.17, 15) is 22.4 Å². The zero-order valence-electron chi connectivity index (χ0n) is 13.4. The molecule has 0 aliphatic heterocycles. The summed E-state index contributed by atoms with van der Waals surface area (Å²) in [4.78, 5) is 13.4. The average Bonchev–Trinajstić information content (AvgIpc) is 2.56. The van der Waals surface area contributed by atoms with Crippen LogP contribution in [0, 0.1) is 11.7 Å². The first-order valence-electron chi connectivity index (χ1n) is 7.54. The van der Waals surface area contributed by atoms with Crippen LogP contribution >= 0.6 is 0 Å². The van der Waals surface area contributed by atoms with Crippen molar-refractivity contribution in [2.45, 2.75) is 19.0 Å². The summed E-state index contributed by atoms with van der Waals surface area (Å²) in [6.07, 6.45) is -5.91. The molecule has 1 amide bonds. The summed E-state index contributed by atoms with van der Waals surface area (Å²) in [6, 6.07) is 11.4. The fraction of sp³-hybridized carbons (Fsp3) is 0.278. The van der Waals surface area contributed by atoms with Gasteiger partial charge in [-0.15, -0.1) is 0 Å². The number of carbonyl (C=O) groups excluding carboxylic acids is 1. The lowest BCUT2D eigenvalue weighted by Gasteiger charge is -2.23. The maximum atomic E-state index is 13.3. The molecule has 0 aliphatic rings. The predicted molar refractivity (Wildman–Crippen MR) is 85.8 cm³/mol. The molecule has 0 spiro atoms. The van der Waals surface area contributed by atoms with E-state index >= 15 is 0 Å². The van der Waals surface area contributed by atoms with E-state index < -0.39 is 42.4 Å². The third-order valence-electron chi connectivity index (χ3n) is 3.90. The van der Waals surface area contributed by atoms with Crippen LogP contribution in [0.2, 0.25) is 0 Å². The largest absolute Gasteiger partial charge is 0.505 e. The Balaban J connectivity index is 2.15. The molecule has 0 saturated carbocycles. The molecule has 2 aromatic carbocycles. The van der Waals surface area contributed by atoms with Gasteiger partial charge in [0.05, 0.1) is 5.92 Å². The molecule has 1 N–H and O–H groups in total. The highest BCUT2D eigenvalue weighted by Crippen LogP contribution is 2.33. The highest BCUT2D eigenvalue weighted by Gasteiger charge is 2.41. The highest BCUT2D eigenvalue weighted by molar-refractivity contribution is 5.92. The Kier molecular flexibility index (Phi) is 5.66. The van der Waals surface area contributed by atoms with Gasteiger partial charge in [-0.3, -0.25) is 4.79 Å². The second-order valence-corrected chi connectivity index (χ2v) is 5.72. The van der Waals surface area contributed by atoms with E-state index in [4.69, 9.17) is 5.11 Å². The summed E-state index contributed by atoms with van der Waals surface area (Å²) in [6.45, 7) is 0. The highest BCUT2D eigenvalue weighted by atomic mass is 19.4. The van der Waals surface area contributed by atoms with Crippen molar-refractivity contribution in [2.24, 2.45) is 5.92 Å². The Morgan fingerprint density at radius 1 is 1.16 bits per heavy atom. The van der Waals surface area contributed by atoms with Crippen LogP contribution in [-0.4, -0.2) is 24.2 Å². The Bertz CT molecular complexity index is 732. The average molecular weight is 355 g/mol. The van der Waals surface area contributed by atoms with Crippen LogP contribution in [0.25, 0.3) is 0 Å². The van der Waals surface area contributed by atoms with Crippen molar-refractivity contribution < 1.29 is 27.5 Å². The molecule has 25 heavy (non-hydrogen) atoms. The Morgan fingerprint density at radius 2 is 1.80 bits per heavy atom. The minimum Gasteiger partial charge on any atom is -0.505 e. The van der Waals surface area contributed by atoms with Crippen LogP contribution in [-0.2, 0) is 11.2 Å². The number of carbonyl (C=O) groups is 1. The van der Waals surface area contributed by atoms with Crippen LogP contribution in [0.4, 0.5) is 23.2 Å². The molecular weight excluding hydrogens is 338 g/mol. The van der Waals surface area contributed by atoms with Crippen LogP contribution < -0.4 is 4.90 Å². The molecule has 0 bridgehead atoms. The van der Waals surface area contributed by atoms with Crippen LogP contribution in [0.5, 0.6) is 5.75 Å². The first kappa shape index (κ1) is 18.8. The first-order chi connectivity index (χ1) is 11.7. The summed E-state index contributed by atoms with van der Waals surface area (Å²) in [5.41, 5.74) is 0.553. The van der Waals surface area contributed by atoms with E-state index in [1.165, 1.54) is 13.1 Å². The number of benzene rings is 2. The fourth-order valence-corrected chi connectivity index (χ4v) is 2.41. The molecule has 3 nitrogen and oxygen atoms in total. The number of amides is 1. The van der Waals surface area contributed by atoms with Crippen molar-refractivity contribution >= 4 is 11.6 Å². The molecule has 134 valence electrons. The fourth-order valence-electron chi connectivity index (χ4n) is 2.41. The van der Waals surface area contributed by atoms with Crippen LogP contribution in [0.1, 0.15) is 12.0 Å². The molecule has 1 unspecified atom stereocenters. The van der Waals surface area contributed by atoms with Gasteiger partial charge in [0.25, 0.3) is 0 Å². The third kappa shape index (κ3) is 4.95. The molecule has 0 aromatic heterocycles. The number of hydrogen-bond acceptors (Lipinski definition) is 2. The van der Waals surface area contributed by atoms with Gasteiger partial charge in [-0.25, -0.2) is 4.39 Å². The summed E-state index contributed by atoms with van der Waals surface area (Å²) in [5.74, 6) is -4.26. The van der Waals surface area contributed by atoms with Gasteiger partial charge in [0.1, 0.15) is 0 Å². The summed E-state index contributed by atoms with van der Waals surface area (Å²) >= 11 is 0. The molecule has 0 aliphatic carbocycles. The standard InChI is InChI=1S/C18H17F4NO2/c1-23(14-5-3-2-4-6-14)17(25)11-13(18(20,21)22)9-12-7-8-16(24)15(19)10-12/h2-8,10,13,24H,9,11H2,1H3. The maximum absolute atomic E-state index is 13.3. The van der Waals surface area contributed by atoms with Crippen molar-refractivity contribution in [3.8, 4) is 5.75 Å². The minimum atomic E-state index is -4.61. The van der Waals surface area contributed by atoms with Gasteiger partial charge >= 0.3 is 6.18 Å². The van der Waals surface area contributed by atoms with E-state index in [0.717, 1.165) is 17.0 Å². The second-order valence-electron chi connectivity index (χ2n) is 5.72. The van der Waals surface area contributed by atoms with Gasteiger partial charge < -0.3 is 10.0 Å². The summed E-state index contributed by atoms with van der Waals surface area (Å²) in [7, 11) is 1.41. The summed E-state index contributed by atoms with van der Waals surface area (Å²) in [5, 5.41) is 9.12. The summed E-state index contributed by atoms with van der Waals surface area (Å²) < 4.78 is 53.2. The molecule has 7 heteroatoms. The Labute approximate surface area is 142 Å². The second kappa shape index (κ2) is 7.55. The van der Waals surface area contributed by atoms with Crippen molar-refractivity contribution in [1.82, 2.24) is 0 Å². The van der Waals surface area contributed by atoms with Gasteiger partial charge in [-0.2, -0.15) is 13.2 Å². The zero-order chi connectivity index (χ0) is 18.6. The molecule has 0 radical (unpaired) electrons. The lowest BCUT2D eigenvalue weighted by atomic mass is 9.94. The Hall–Kier alpha value is -2.57. The Morgan fingerprint density at radius 3 is 2.36 bits per heavy atom. The smallest absolute Gasteiger partial charge is 0.392 e. The van der Waals surface area contributed by atoms with Gasteiger partial charge in [-0.1, -0.05) is 24.3 Å². The van der Waals surface area contributed by atoms with Gasteiger partial charge in [-0.05, 0) is 36.2 Å². The third-order valence-corrected chi connectivity index (χ3v) is 3.90. The lowest BCUT2D eigenvalue weighted by molar-refractivity contribution is -0.178. The molecular formula is C18H17F4NO2. The quantitative estimate of drug-likeness (QED) is 0.812.